The van der Waals surface area contributed by atoms with Gasteiger partial charge in [0.15, 0.2) is 5.78 Å². The van der Waals surface area contributed by atoms with Gasteiger partial charge in [0, 0.05) is 31.8 Å². The van der Waals surface area contributed by atoms with Gasteiger partial charge in [-0.05, 0) is 47.9 Å². The monoisotopic (exact) mass is 363 g/mol. The van der Waals surface area contributed by atoms with Gasteiger partial charge in [-0.1, -0.05) is 19.9 Å². The topological polar surface area (TPSA) is 67.1 Å². The first-order valence-electron chi connectivity index (χ1n) is 9.52. The molecular formula is C22H25N3O2. The second-order valence-corrected chi connectivity index (χ2v) is 8.44. The SMILES string of the molecule is Cn1cc(-c2ccc(C#N)c(NC3CCCO3)c2)c2c1C(=O)CC(C)(C)C2. The molecule has 1 aromatic heterocycles. The normalized spacial score (nSPS) is 21.0. The van der Waals surface area contributed by atoms with Crippen molar-refractivity contribution in [3.05, 3.63) is 41.2 Å². The van der Waals surface area contributed by atoms with Crippen molar-refractivity contribution in [1.29, 1.82) is 5.26 Å². The molecule has 0 amide bonds. The van der Waals surface area contributed by atoms with E-state index in [0.717, 1.165) is 53.9 Å². The Bertz CT molecular complexity index is 943. The number of carbonyl (C=O) groups is 1. The highest BCUT2D eigenvalue weighted by Crippen LogP contribution is 2.41. The van der Waals surface area contributed by atoms with E-state index < -0.39 is 0 Å². The van der Waals surface area contributed by atoms with E-state index in [2.05, 4.69) is 25.2 Å². The average Bonchev–Trinajstić information content (AvgIpc) is 3.21. The van der Waals surface area contributed by atoms with Crippen LogP contribution in [0.1, 0.15) is 54.7 Å². The molecule has 0 radical (unpaired) electrons. The Morgan fingerprint density at radius 3 is 2.85 bits per heavy atom. The molecule has 0 saturated carbocycles. The van der Waals surface area contributed by atoms with Crippen LogP contribution in [0.2, 0.25) is 0 Å². The molecule has 1 aliphatic heterocycles. The number of aromatic nitrogens is 1. The maximum Gasteiger partial charge on any atom is 0.180 e. The lowest BCUT2D eigenvalue weighted by Gasteiger charge is -2.29. The van der Waals surface area contributed by atoms with E-state index >= 15 is 0 Å². The van der Waals surface area contributed by atoms with Gasteiger partial charge in [-0.25, -0.2) is 0 Å². The highest BCUT2D eigenvalue weighted by Gasteiger charge is 2.35. The number of benzene rings is 1. The molecule has 1 atom stereocenters. The number of nitrogens with zero attached hydrogens (tertiary/aromatic N) is 2. The highest BCUT2D eigenvalue weighted by molar-refractivity contribution is 6.00. The number of hydrogen-bond acceptors (Lipinski definition) is 4. The smallest absolute Gasteiger partial charge is 0.180 e. The minimum Gasteiger partial charge on any atom is -0.359 e. The lowest BCUT2D eigenvalue weighted by molar-refractivity contribution is 0.0903. The van der Waals surface area contributed by atoms with Crippen molar-refractivity contribution >= 4 is 11.5 Å². The number of nitriles is 1. The van der Waals surface area contributed by atoms with E-state index in [1.54, 1.807) is 0 Å². The Kier molecular flexibility index (Phi) is 4.32. The minimum atomic E-state index is -0.0439. The summed E-state index contributed by atoms with van der Waals surface area (Å²) >= 11 is 0. The number of rotatable bonds is 3. The van der Waals surface area contributed by atoms with Crippen molar-refractivity contribution in [1.82, 2.24) is 4.57 Å². The summed E-state index contributed by atoms with van der Waals surface area (Å²) in [5.41, 5.74) is 5.40. The predicted octanol–water partition coefficient (Wildman–Crippen LogP) is 4.27. The lowest BCUT2D eigenvalue weighted by Crippen LogP contribution is -2.27. The molecule has 140 valence electrons. The van der Waals surface area contributed by atoms with Gasteiger partial charge in [0.25, 0.3) is 0 Å². The standard InChI is InChI=1S/C22H25N3O2/c1-22(2)10-16-17(13-25(3)21(16)19(26)11-22)14-6-7-15(12-23)18(9-14)24-20-5-4-8-27-20/h6-7,9,13,20,24H,4-5,8,10-11H2,1-3H3. The number of ketones is 1. The van der Waals surface area contributed by atoms with Crippen LogP contribution in [0.3, 0.4) is 0 Å². The Morgan fingerprint density at radius 1 is 1.33 bits per heavy atom. The molecule has 1 aliphatic carbocycles. The maximum atomic E-state index is 12.7. The molecule has 2 aliphatic rings. The number of anilines is 1. The van der Waals surface area contributed by atoms with Gasteiger partial charge in [-0.3, -0.25) is 4.79 Å². The van der Waals surface area contributed by atoms with E-state index in [9.17, 15) is 10.1 Å². The number of Topliss-reactive ketones (excluding diaryl/α,β-unsaturated/α-hetero) is 1. The zero-order valence-electron chi connectivity index (χ0n) is 16.1. The fourth-order valence-electron chi connectivity index (χ4n) is 4.32. The van der Waals surface area contributed by atoms with Crippen LogP contribution >= 0.6 is 0 Å². The zero-order valence-corrected chi connectivity index (χ0v) is 16.1. The maximum absolute atomic E-state index is 12.7. The van der Waals surface area contributed by atoms with Crippen molar-refractivity contribution in [3.63, 3.8) is 0 Å². The summed E-state index contributed by atoms with van der Waals surface area (Å²) in [4.78, 5) is 12.7. The Balaban J connectivity index is 1.77. The first kappa shape index (κ1) is 17.8. The zero-order chi connectivity index (χ0) is 19.2. The Morgan fingerprint density at radius 2 is 2.15 bits per heavy atom. The van der Waals surface area contributed by atoms with Crippen molar-refractivity contribution in [2.45, 2.75) is 45.8 Å². The molecule has 0 spiro atoms. The fraction of sp³-hybridized carbons (Fsp3) is 0.455. The first-order chi connectivity index (χ1) is 12.9. The summed E-state index contributed by atoms with van der Waals surface area (Å²) in [5, 5.41) is 12.8. The van der Waals surface area contributed by atoms with E-state index in [-0.39, 0.29) is 17.4 Å². The number of aryl methyl sites for hydroxylation is 1. The number of ether oxygens (including phenoxy) is 1. The molecule has 5 heteroatoms. The van der Waals surface area contributed by atoms with Crippen LogP contribution in [-0.2, 0) is 18.2 Å². The summed E-state index contributed by atoms with van der Waals surface area (Å²) in [6.45, 7) is 5.05. The third-order valence-corrected chi connectivity index (χ3v) is 5.54. The third-order valence-electron chi connectivity index (χ3n) is 5.54. The Hall–Kier alpha value is -2.58. The molecule has 2 heterocycles. The number of carbonyl (C=O) groups excluding carboxylic acids is 1. The van der Waals surface area contributed by atoms with Crippen LogP contribution in [0, 0.1) is 16.7 Å². The Labute approximate surface area is 159 Å². The third kappa shape index (κ3) is 3.26. The summed E-state index contributed by atoms with van der Waals surface area (Å²) < 4.78 is 7.62. The van der Waals surface area contributed by atoms with Crippen LogP contribution in [0.5, 0.6) is 0 Å². The van der Waals surface area contributed by atoms with Gasteiger partial charge >= 0.3 is 0 Å². The van der Waals surface area contributed by atoms with Gasteiger partial charge in [0.1, 0.15) is 12.3 Å². The van der Waals surface area contributed by atoms with Crippen LogP contribution in [0.15, 0.2) is 24.4 Å². The molecule has 27 heavy (non-hydrogen) atoms. The van der Waals surface area contributed by atoms with Crippen LogP contribution in [-0.4, -0.2) is 23.2 Å². The molecule has 1 saturated heterocycles. The quantitative estimate of drug-likeness (QED) is 0.884. The average molecular weight is 363 g/mol. The van der Waals surface area contributed by atoms with Gasteiger partial charge in [-0.15, -0.1) is 0 Å². The van der Waals surface area contributed by atoms with E-state index in [1.807, 2.05) is 36.0 Å². The minimum absolute atomic E-state index is 0.0362. The fourth-order valence-corrected chi connectivity index (χ4v) is 4.32. The van der Waals surface area contributed by atoms with Gasteiger partial charge in [0.2, 0.25) is 0 Å². The van der Waals surface area contributed by atoms with Gasteiger partial charge < -0.3 is 14.6 Å². The van der Waals surface area contributed by atoms with Crippen LogP contribution in [0.4, 0.5) is 5.69 Å². The summed E-state index contributed by atoms with van der Waals surface area (Å²) in [6, 6.07) is 8.10. The van der Waals surface area contributed by atoms with E-state index in [0.29, 0.717) is 12.0 Å². The van der Waals surface area contributed by atoms with Gasteiger partial charge in [0.05, 0.1) is 16.9 Å². The van der Waals surface area contributed by atoms with Crippen molar-refractivity contribution in [2.24, 2.45) is 12.5 Å². The molecule has 0 bridgehead atoms. The van der Waals surface area contributed by atoms with Crippen LogP contribution in [0.25, 0.3) is 11.1 Å². The van der Waals surface area contributed by atoms with Crippen molar-refractivity contribution in [2.75, 3.05) is 11.9 Å². The summed E-state index contributed by atoms with van der Waals surface area (Å²) in [6.07, 6.45) is 5.43. The predicted molar refractivity (Wildman–Crippen MR) is 105 cm³/mol. The lowest BCUT2D eigenvalue weighted by atomic mass is 9.74. The molecule has 4 rings (SSSR count). The number of nitrogens with one attached hydrogen (secondary N) is 1. The number of hydrogen-bond donors (Lipinski definition) is 1. The van der Waals surface area contributed by atoms with Crippen molar-refractivity contribution in [3.8, 4) is 17.2 Å². The largest absolute Gasteiger partial charge is 0.359 e. The summed E-state index contributed by atoms with van der Waals surface area (Å²) in [5.74, 6) is 0.210. The second kappa shape index (κ2) is 6.54. The molecule has 1 unspecified atom stereocenters. The summed E-state index contributed by atoms with van der Waals surface area (Å²) in [7, 11) is 1.94. The molecule has 5 nitrogen and oxygen atoms in total. The van der Waals surface area contributed by atoms with Crippen LogP contribution < -0.4 is 5.32 Å². The second-order valence-electron chi connectivity index (χ2n) is 8.44. The van der Waals surface area contributed by atoms with E-state index in [4.69, 9.17) is 4.74 Å². The highest BCUT2D eigenvalue weighted by atomic mass is 16.5. The molecule has 2 aromatic rings. The molecule has 1 aromatic carbocycles. The number of fused-ring (bicyclic) bond motifs is 1. The van der Waals surface area contributed by atoms with Gasteiger partial charge in [-0.2, -0.15) is 5.26 Å². The molecule has 1 N–H and O–H groups in total. The molecule has 1 fully saturated rings. The first-order valence-corrected chi connectivity index (χ1v) is 9.52. The van der Waals surface area contributed by atoms with Crippen molar-refractivity contribution < 1.29 is 9.53 Å². The molecular weight excluding hydrogens is 338 g/mol. The van der Waals surface area contributed by atoms with E-state index in [1.165, 1.54) is 0 Å².